The van der Waals surface area contributed by atoms with E-state index in [1.807, 2.05) is 20.8 Å². The molecule has 10 heteroatoms. The molecule has 5 rings (SSSR count). The van der Waals surface area contributed by atoms with Crippen molar-refractivity contribution < 1.29 is 49.0 Å². The summed E-state index contributed by atoms with van der Waals surface area (Å²) in [6.07, 6.45) is -6.04. The summed E-state index contributed by atoms with van der Waals surface area (Å²) in [5, 5.41) is 43.9. The molecule has 5 fully saturated rings. The summed E-state index contributed by atoms with van der Waals surface area (Å²) in [5.41, 5.74) is -8.45. The highest BCUT2D eigenvalue weighted by Gasteiger charge is 2.99. The van der Waals surface area contributed by atoms with Crippen molar-refractivity contribution in [2.75, 3.05) is 0 Å². The van der Waals surface area contributed by atoms with E-state index in [4.69, 9.17) is 14.2 Å². The minimum absolute atomic E-state index is 0.163. The molecule has 10 nitrogen and oxygen atoms in total. The lowest BCUT2D eigenvalue weighted by Gasteiger charge is -2.49. The van der Waals surface area contributed by atoms with Crippen LogP contribution >= 0.6 is 0 Å². The Balaban J connectivity index is 1.85. The number of ether oxygens (including phenoxy) is 3. The van der Waals surface area contributed by atoms with E-state index in [1.165, 1.54) is 6.92 Å². The third-order valence-electron chi connectivity index (χ3n) is 8.78. The zero-order valence-corrected chi connectivity index (χ0v) is 17.1. The summed E-state index contributed by atoms with van der Waals surface area (Å²) in [4.78, 5) is 37.6. The average Bonchev–Trinajstić information content (AvgIpc) is 3.27. The van der Waals surface area contributed by atoms with Gasteiger partial charge in [0.25, 0.3) is 0 Å². The van der Waals surface area contributed by atoms with E-state index in [9.17, 15) is 34.8 Å². The number of rotatable bonds is 2. The van der Waals surface area contributed by atoms with Gasteiger partial charge in [-0.2, -0.15) is 0 Å². The van der Waals surface area contributed by atoms with Crippen LogP contribution in [0, 0.1) is 28.1 Å². The molecule has 0 aromatic carbocycles. The van der Waals surface area contributed by atoms with Gasteiger partial charge < -0.3 is 34.6 Å². The molecule has 5 aliphatic rings. The first-order valence-corrected chi connectivity index (χ1v) is 10.1. The van der Waals surface area contributed by atoms with Crippen molar-refractivity contribution in [3.63, 3.8) is 0 Å². The predicted octanol–water partition coefficient (Wildman–Crippen LogP) is -0.820. The van der Waals surface area contributed by atoms with Crippen LogP contribution in [0.5, 0.6) is 0 Å². The van der Waals surface area contributed by atoms with Crippen molar-refractivity contribution in [2.24, 2.45) is 28.1 Å². The minimum Gasteiger partial charge on any atom is -0.479 e. The van der Waals surface area contributed by atoms with Crippen molar-refractivity contribution >= 4 is 17.9 Å². The number of carbonyl (C=O) groups is 3. The summed E-state index contributed by atoms with van der Waals surface area (Å²) in [6, 6.07) is 0. The van der Waals surface area contributed by atoms with Crippen LogP contribution in [0.4, 0.5) is 0 Å². The van der Waals surface area contributed by atoms with Gasteiger partial charge in [-0.25, -0.2) is 9.59 Å². The summed E-state index contributed by atoms with van der Waals surface area (Å²) < 4.78 is 16.9. The molecule has 0 amide bonds. The van der Waals surface area contributed by atoms with Crippen LogP contribution in [0.2, 0.25) is 0 Å². The predicted molar refractivity (Wildman–Crippen MR) is 94.4 cm³/mol. The largest absolute Gasteiger partial charge is 0.479 e. The van der Waals surface area contributed by atoms with Gasteiger partial charge in [0.2, 0.25) is 5.60 Å². The van der Waals surface area contributed by atoms with Gasteiger partial charge in [-0.15, -0.1) is 0 Å². The van der Waals surface area contributed by atoms with Crippen LogP contribution in [-0.4, -0.2) is 74.1 Å². The van der Waals surface area contributed by atoms with Gasteiger partial charge in [-0.05, 0) is 24.7 Å². The maximum absolute atomic E-state index is 13.3. The van der Waals surface area contributed by atoms with Crippen molar-refractivity contribution in [3.8, 4) is 0 Å². The number of hydrogen-bond acceptors (Lipinski definition) is 9. The van der Waals surface area contributed by atoms with Crippen LogP contribution in [0.25, 0.3) is 0 Å². The quantitative estimate of drug-likeness (QED) is 0.411. The Kier molecular flexibility index (Phi) is 3.48. The van der Waals surface area contributed by atoms with E-state index in [-0.39, 0.29) is 12.8 Å². The molecule has 0 bridgehead atoms. The normalized spacial score (nSPS) is 54.4. The van der Waals surface area contributed by atoms with E-state index in [0.717, 1.165) is 0 Å². The Hall–Kier alpha value is -1.75. The van der Waals surface area contributed by atoms with Gasteiger partial charge in [-0.3, -0.25) is 4.79 Å². The third-order valence-corrected chi connectivity index (χ3v) is 8.78. The van der Waals surface area contributed by atoms with Gasteiger partial charge in [0, 0.05) is 6.42 Å². The second kappa shape index (κ2) is 5.17. The molecule has 0 radical (unpaired) electrons. The summed E-state index contributed by atoms with van der Waals surface area (Å²) in [5.74, 6) is -5.08. The number of carboxylic acids is 1. The summed E-state index contributed by atoms with van der Waals surface area (Å²) in [7, 11) is 0. The summed E-state index contributed by atoms with van der Waals surface area (Å²) >= 11 is 0. The van der Waals surface area contributed by atoms with Gasteiger partial charge in [0.1, 0.15) is 12.2 Å². The van der Waals surface area contributed by atoms with Crippen molar-refractivity contribution in [1.29, 1.82) is 0 Å². The fourth-order valence-electron chi connectivity index (χ4n) is 7.81. The highest BCUT2D eigenvalue weighted by atomic mass is 16.7. The SMILES string of the molecule is C[C@@H]1C(=O)O[C@H]2C[C@@]34[C@H]5C[C@@H](C(C)(C)C)[C@]3([C@@H](O)C(=O)O)[C@@H](O)O[C@@]4(C(=O)O5)[C@]21O. The fourth-order valence-corrected chi connectivity index (χ4v) is 7.81. The molecule has 166 valence electrons. The van der Waals surface area contributed by atoms with Crippen LogP contribution < -0.4 is 0 Å². The molecule has 1 spiro atoms. The monoisotopic (exact) mass is 426 g/mol. The Morgan fingerprint density at radius 1 is 1.20 bits per heavy atom. The van der Waals surface area contributed by atoms with Crippen molar-refractivity contribution in [2.45, 2.75) is 76.3 Å². The topological polar surface area (TPSA) is 160 Å². The Bertz CT molecular complexity index is 879. The first-order chi connectivity index (χ1) is 13.7. The summed E-state index contributed by atoms with van der Waals surface area (Å²) in [6.45, 7) is 6.92. The second-order valence-corrected chi connectivity index (χ2v) is 10.5. The van der Waals surface area contributed by atoms with Crippen molar-refractivity contribution in [1.82, 2.24) is 0 Å². The van der Waals surface area contributed by atoms with Crippen LogP contribution in [0.15, 0.2) is 0 Å². The first-order valence-electron chi connectivity index (χ1n) is 10.1. The molecule has 0 aromatic rings. The number of fused-ring (bicyclic) bond motifs is 1. The van der Waals surface area contributed by atoms with Gasteiger partial charge in [0.05, 0.1) is 16.7 Å². The molecular formula is C20H26O10. The van der Waals surface area contributed by atoms with E-state index in [2.05, 4.69) is 0 Å². The van der Waals surface area contributed by atoms with Gasteiger partial charge in [0.15, 0.2) is 18.0 Å². The van der Waals surface area contributed by atoms with E-state index < -0.39 is 81.8 Å². The molecule has 0 aromatic heterocycles. The fraction of sp³-hybridized carbons (Fsp3) is 0.850. The smallest absolute Gasteiger partial charge is 0.342 e. The molecule has 2 saturated carbocycles. The number of hydrogen-bond donors (Lipinski definition) is 4. The number of aliphatic hydroxyl groups excluding tert-OH is 2. The molecule has 4 N–H and O–H groups in total. The van der Waals surface area contributed by atoms with E-state index in [0.29, 0.717) is 0 Å². The zero-order chi connectivity index (χ0) is 22.2. The Morgan fingerprint density at radius 3 is 2.40 bits per heavy atom. The molecule has 0 unspecified atom stereocenters. The first kappa shape index (κ1) is 20.2. The number of carboxylic acid groups (broad SMARTS) is 1. The van der Waals surface area contributed by atoms with Gasteiger partial charge in [-0.1, -0.05) is 20.8 Å². The molecule has 3 heterocycles. The molecule has 3 saturated heterocycles. The molecule has 10 atom stereocenters. The lowest BCUT2D eigenvalue weighted by Crippen LogP contribution is -2.66. The highest BCUT2D eigenvalue weighted by molar-refractivity contribution is 5.92. The number of aliphatic hydroxyl groups is 3. The molecule has 3 aliphatic heterocycles. The number of carbonyl (C=O) groups excluding carboxylic acids is 2. The Morgan fingerprint density at radius 2 is 1.83 bits per heavy atom. The lowest BCUT2D eigenvalue weighted by atomic mass is 9.51. The molecular weight excluding hydrogens is 400 g/mol. The van der Waals surface area contributed by atoms with Gasteiger partial charge >= 0.3 is 17.9 Å². The second-order valence-electron chi connectivity index (χ2n) is 10.5. The van der Waals surface area contributed by atoms with Crippen LogP contribution in [-0.2, 0) is 28.6 Å². The maximum atomic E-state index is 13.3. The lowest BCUT2D eigenvalue weighted by molar-refractivity contribution is -0.250. The third kappa shape index (κ3) is 1.57. The standard InChI is InChI=1S/C20H26O10/c1-7-13(24)28-10-6-17-9-5-8(16(2,3)4)18(17,11(21)12(22)23)14(25)30-20(17,15(26)29-9)19(7,10)27/h7-11,14,21,25,27H,5-6H2,1-4H3,(H,22,23)/t7-,8+,9-,10+,11+,14+,17-,18+,19-,20-/m1/s1. The van der Waals surface area contributed by atoms with E-state index >= 15 is 0 Å². The Labute approximate surface area is 172 Å². The van der Waals surface area contributed by atoms with E-state index in [1.54, 1.807) is 0 Å². The van der Waals surface area contributed by atoms with Crippen LogP contribution in [0.3, 0.4) is 0 Å². The number of aliphatic carboxylic acids is 1. The average molecular weight is 426 g/mol. The highest BCUT2D eigenvalue weighted by Crippen LogP contribution is 2.83. The maximum Gasteiger partial charge on any atom is 0.342 e. The number of esters is 2. The molecule has 30 heavy (non-hydrogen) atoms. The minimum atomic E-state index is -2.23. The molecule has 2 aliphatic carbocycles. The zero-order valence-electron chi connectivity index (χ0n) is 17.1. The van der Waals surface area contributed by atoms with Crippen molar-refractivity contribution in [3.05, 3.63) is 0 Å². The van der Waals surface area contributed by atoms with Crippen LogP contribution in [0.1, 0.15) is 40.5 Å².